The van der Waals surface area contributed by atoms with E-state index in [-0.39, 0.29) is 0 Å². The highest BCUT2D eigenvalue weighted by atomic mass is 14.3. The molecule has 1 aliphatic rings. The van der Waals surface area contributed by atoms with E-state index in [1.165, 1.54) is 109 Å². The molecule has 0 nitrogen and oxygen atoms in total. The van der Waals surface area contributed by atoms with Crippen molar-refractivity contribution in [1.29, 1.82) is 0 Å². The summed E-state index contributed by atoms with van der Waals surface area (Å²) < 4.78 is 0. The molecule has 0 aromatic heterocycles. The van der Waals surface area contributed by atoms with Crippen LogP contribution in [-0.2, 0) is 0 Å². The average molecular weight is 631 g/mol. The lowest BCUT2D eigenvalue weighted by molar-refractivity contribution is 1.59. The van der Waals surface area contributed by atoms with Gasteiger partial charge in [-0.3, -0.25) is 0 Å². The minimum Gasteiger partial charge on any atom is -0.0616 e. The Bertz CT molecular complexity index is 3020. The van der Waals surface area contributed by atoms with Crippen LogP contribution in [0.25, 0.3) is 109 Å². The maximum absolute atomic E-state index is 2.42. The van der Waals surface area contributed by atoms with E-state index in [2.05, 4.69) is 182 Å². The fourth-order valence-corrected chi connectivity index (χ4v) is 8.60. The first-order valence-corrected chi connectivity index (χ1v) is 17.4. The van der Waals surface area contributed by atoms with Crippen LogP contribution in [0.15, 0.2) is 182 Å². The fraction of sp³-hybridized carbons (Fsp3) is 0. The highest BCUT2D eigenvalue weighted by molar-refractivity contribution is 6.27. The average Bonchev–Trinajstić information content (AvgIpc) is 3.52. The van der Waals surface area contributed by atoms with Gasteiger partial charge in [-0.25, -0.2) is 0 Å². The third-order valence-corrected chi connectivity index (χ3v) is 11.0. The van der Waals surface area contributed by atoms with Crippen molar-refractivity contribution in [3.63, 3.8) is 0 Å². The van der Waals surface area contributed by atoms with Crippen molar-refractivity contribution in [2.75, 3.05) is 0 Å². The molecule has 0 amide bonds. The smallest absolute Gasteiger partial charge is 0.00137 e. The Labute approximate surface area is 290 Å². The summed E-state index contributed by atoms with van der Waals surface area (Å²) in [4.78, 5) is 0. The van der Waals surface area contributed by atoms with Crippen molar-refractivity contribution in [3.05, 3.63) is 182 Å². The van der Waals surface area contributed by atoms with Crippen molar-refractivity contribution in [1.82, 2.24) is 0 Å². The summed E-state index contributed by atoms with van der Waals surface area (Å²) in [6.07, 6.45) is 0. The monoisotopic (exact) mass is 630 g/mol. The highest BCUT2D eigenvalue weighted by Gasteiger charge is 2.28. The molecule has 230 valence electrons. The van der Waals surface area contributed by atoms with Gasteiger partial charge in [-0.2, -0.15) is 0 Å². The lowest BCUT2D eigenvalue weighted by Gasteiger charge is -2.16. The van der Waals surface area contributed by atoms with Gasteiger partial charge in [0.2, 0.25) is 0 Å². The van der Waals surface area contributed by atoms with Crippen molar-refractivity contribution in [3.8, 4) is 55.6 Å². The standard InChI is InChI=1S/C50H30/c1-2-10-35-28-39(22-18-31(35)8-1)44-27-26-43(49-46-15-7-14-45-41-13-6-4-11-37(41)30-47(48(45)46)50(44)49)34-19-16-32(17-20-34)36-24-25-42-38(29-36)23-21-33-9-3-5-12-40(33)42/h1-30H. The minimum absolute atomic E-state index is 1.23. The number of hydrogen-bond acceptors (Lipinski definition) is 0. The Balaban J connectivity index is 1.10. The first-order chi connectivity index (χ1) is 24.8. The predicted molar refractivity (Wildman–Crippen MR) is 215 cm³/mol. The van der Waals surface area contributed by atoms with Gasteiger partial charge in [-0.1, -0.05) is 164 Å². The van der Waals surface area contributed by atoms with Crippen molar-refractivity contribution < 1.29 is 0 Å². The molecule has 0 radical (unpaired) electrons. The number of rotatable bonds is 3. The fourth-order valence-electron chi connectivity index (χ4n) is 8.60. The van der Waals surface area contributed by atoms with Gasteiger partial charge in [0, 0.05) is 0 Å². The summed E-state index contributed by atoms with van der Waals surface area (Å²) in [5.74, 6) is 0. The molecule has 0 unspecified atom stereocenters. The third kappa shape index (κ3) is 4.00. The second-order valence-electron chi connectivity index (χ2n) is 13.6. The zero-order valence-electron chi connectivity index (χ0n) is 27.3. The summed E-state index contributed by atoms with van der Waals surface area (Å²) in [5, 5.41) is 12.9. The van der Waals surface area contributed by atoms with E-state index in [0.29, 0.717) is 0 Å². The molecular weight excluding hydrogens is 601 g/mol. The minimum atomic E-state index is 1.23. The molecule has 50 heavy (non-hydrogen) atoms. The van der Waals surface area contributed by atoms with E-state index in [1.807, 2.05) is 0 Å². The molecule has 0 bridgehead atoms. The largest absolute Gasteiger partial charge is 0.0616 e. The van der Waals surface area contributed by atoms with Crippen LogP contribution in [0.5, 0.6) is 0 Å². The van der Waals surface area contributed by atoms with Crippen LogP contribution in [0.1, 0.15) is 0 Å². The van der Waals surface area contributed by atoms with Crippen LogP contribution in [0.2, 0.25) is 0 Å². The topological polar surface area (TPSA) is 0 Å². The maximum Gasteiger partial charge on any atom is -0.00137 e. The molecule has 0 spiro atoms. The van der Waals surface area contributed by atoms with E-state index in [9.17, 15) is 0 Å². The molecule has 0 N–H and O–H groups in total. The Morgan fingerprint density at radius 1 is 0.220 bits per heavy atom. The summed E-state index contributed by atoms with van der Waals surface area (Å²) >= 11 is 0. The first-order valence-electron chi connectivity index (χ1n) is 17.4. The number of fused-ring (bicyclic) bond motifs is 9. The summed E-state index contributed by atoms with van der Waals surface area (Å²) in [6, 6.07) is 67.6. The van der Waals surface area contributed by atoms with Crippen LogP contribution in [-0.4, -0.2) is 0 Å². The Kier molecular flexibility index (Phi) is 5.76. The van der Waals surface area contributed by atoms with Crippen molar-refractivity contribution in [2.24, 2.45) is 0 Å². The summed E-state index contributed by atoms with van der Waals surface area (Å²) in [6.45, 7) is 0. The van der Waals surface area contributed by atoms with Gasteiger partial charge in [-0.15, -0.1) is 0 Å². The van der Waals surface area contributed by atoms with Gasteiger partial charge >= 0.3 is 0 Å². The summed E-state index contributed by atoms with van der Waals surface area (Å²) in [7, 11) is 0. The number of benzene rings is 10. The van der Waals surface area contributed by atoms with Gasteiger partial charge in [-0.05, 0) is 128 Å². The zero-order chi connectivity index (χ0) is 32.8. The van der Waals surface area contributed by atoms with Crippen LogP contribution in [0, 0.1) is 0 Å². The van der Waals surface area contributed by atoms with E-state index in [4.69, 9.17) is 0 Å². The normalized spacial score (nSPS) is 12.0. The predicted octanol–water partition coefficient (Wildman–Crippen LogP) is 14.1. The third-order valence-electron chi connectivity index (χ3n) is 11.0. The molecule has 0 fully saturated rings. The Morgan fingerprint density at radius 3 is 1.58 bits per heavy atom. The van der Waals surface area contributed by atoms with Gasteiger partial charge in [0.1, 0.15) is 0 Å². The molecule has 0 aliphatic heterocycles. The zero-order valence-corrected chi connectivity index (χ0v) is 27.3. The first kappa shape index (κ1) is 27.5. The molecule has 0 heterocycles. The Morgan fingerprint density at radius 2 is 0.740 bits per heavy atom. The lowest BCUT2D eigenvalue weighted by Crippen LogP contribution is -1.90. The molecule has 1 aliphatic carbocycles. The maximum atomic E-state index is 2.42. The second-order valence-corrected chi connectivity index (χ2v) is 13.6. The van der Waals surface area contributed by atoms with Crippen LogP contribution in [0.3, 0.4) is 0 Å². The van der Waals surface area contributed by atoms with Crippen LogP contribution < -0.4 is 0 Å². The second kappa shape index (κ2) is 10.5. The van der Waals surface area contributed by atoms with E-state index >= 15 is 0 Å². The number of hydrogen-bond donors (Lipinski definition) is 0. The quantitative estimate of drug-likeness (QED) is 0.170. The van der Waals surface area contributed by atoms with Gasteiger partial charge in [0.15, 0.2) is 0 Å². The van der Waals surface area contributed by atoms with E-state index < -0.39 is 0 Å². The highest BCUT2D eigenvalue weighted by Crippen LogP contribution is 2.56. The SMILES string of the molecule is c1ccc2cc(-c3ccc(-c4ccc(-c5ccc6c(ccc7ccccc76)c5)cc4)c4c3-c3cc5ccccc5c5cccc-4c35)ccc2c1. The molecule has 10 aromatic rings. The van der Waals surface area contributed by atoms with Crippen LogP contribution >= 0.6 is 0 Å². The van der Waals surface area contributed by atoms with E-state index in [0.717, 1.165) is 0 Å². The molecule has 10 aromatic carbocycles. The lowest BCUT2D eigenvalue weighted by atomic mass is 9.87. The van der Waals surface area contributed by atoms with Gasteiger partial charge < -0.3 is 0 Å². The summed E-state index contributed by atoms with van der Waals surface area (Å²) in [5.41, 5.74) is 12.8. The van der Waals surface area contributed by atoms with E-state index in [1.54, 1.807) is 0 Å². The molecule has 0 saturated carbocycles. The molecule has 11 rings (SSSR count). The molecular formula is C50H30. The van der Waals surface area contributed by atoms with Crippen molar-refractivity contribution >= 4 is 53.9 Å². The molecule has 0 saturated heterocycles. The van der Waals surface area contributed by atoms with Gasteiger partial charge in [0.25, 0.3) is 0 Å². The molecule has 0 atom stereocenters. The van der Waals surface area contributed by atoms with Crippen molar-refractivity contribution in [2.45, 2.75) is 0 Å². The Hall–Kier alpha value is -6.50. The molecule has 0 heteroatoms. The van der Waals surface area contributed by atoms with Gasteiger partial charge in [0.05, 0.1) is 0 Å². The van der Waals surface area contributed by atoms with Crippen LogP contribution in [0.4, 0.5) is 0 Å².